The number of nitrogens with one attached hydrogen (secondary N) is 1. The highest BCUT2D eigenvalue weighted by atomic mass is 19.1. The lowest BCUT2D eigenvalue weighted by atomic mass is 9.79. The van der Waals surface area contributed by atoms with Gasteiger partial charge in [-0.05, 0) is 43.7 Å². The molecule has 1 fully saturated rings. The van der Waals surface area contributed by atoms with Gasteiger partial charge in [0.1, 0.15) is 5.82 Å². The predicted octanol–water partition coefficient (Wildman–Crippen LogP) is 2.22. The summed E-state index contributed by atoms with van der Waals surface area (Å²) in [5.41, 5.74) is 3.46. The van der Waals surface area contributed by atoms with Gasteiger partial charge in [-0.2, -0.15) is 0 Å². The van der Waals surface area contributed by atoms with E-state index in [0.29, 0.717) is 18.8 Å². The van der Waals surface area contributed by atoms with E-state index in [1.807, 2.05) is 0 Å². The third kappa shape index (κ3) is 3.69. The van der Waals surface area contributed by atoms with Crippen LogP contribution in [-0.4, -0.2) is 23.2 Å². The Bertz CT molecular complexity index is 541. The van der Waals surface area contributed by atoms with Crippen LogP contribution in [0.4, 0.5) is 14.5 Å². The smallest absolute Gasteiger partial charge is 0.254 e. The summed E-state index contributed by atoms with van der Waals surface area (Å²) in [7, 11) is 0. The molecule has 1 aromatic carbocycles. The Hall–Kier alpha value is -1.69. The molecule has 0 saturated heterocycles. The van der Waals surface area contributed by atoms with Crippen molar-refractivity contribution >= 4 is 11.6 Å². The maximum absolute atomic E-state index is 13.7. The van der Waals surface area contributed by atoms with Crippen LogP contribution in [0.25, 0.3) is 0 Å². The van der Waals surface area contributed by atoms with Crippen LogP contribution >= 0.6 is 0 Å². The lowest BCUT2D eigenvalue weighted by Crippen LogP contribution is -2.45. The van der Waals surface area contributed by atoms with Gasteiger partial charge in [0.15, 0.2) is 5.82 Å². The van der Waals surface area contributed by atoms with E-state index in [-0.39, 0.29) is 6.54 Å². The molecule has 0 atom stereocenters. The molecule has 2 rings (SSSR count). The summed E-state index contributed by atoms with van der Waals surface area (Å²) < 4.78 is 26.9. The first kappa shape index (κ1) is 15.7. The van der Waals surface area contributed by atoms with E-state index < -0.39 is 34.4 Å². The first-order valence-corrected chi connectivity index (χ1v) is 7.06. The number of carbonyl (C=O) groups is 1. The van der Waals surface area contributed by atoms with Crippen LogP contribution in [0.2, 0.25) is 0 Å². The number of hydrogen-bond donors (Lipinski definition) is 3. The van der Waals surface area contributed by atoms with Gasteiger partial charge in [-0.25, -0.2) is 8.78 Å². The van der Waals surface area contributed by atoms with E-state index in [9.17, 15) is 18.7 Å². The Morgan fingerprint density at radius 3 is 2.67 bits per heavy atom. The van der Waals surface area contributed by atoms with Crippen molar-refractivity contribution in [1.29, 1.82) is 0 Å². The second-order valence-corrected chi connectivity index (χ2v) is 5.95. The van der Waals surface area contributed by atoms with Crippen molar-refractivity contribution < 1.29 is 18.7 Å². The molecule has 1 aliphatic rings. The van der Waals surface area contributed by atoms with Gasteiger partial charge >= 0.3 is 0 Å². The van der Waals surface area contributed by atoms with E-state index in [4.69, 9.17) is 5.73 Å². The van der Waals surface area contributed by atoms with Crippen LogP contribution < -0.4 is 11.1 Å². The number of benzene rings is 1. The maximum Gasteiger partial charge on any atom is 0.254 e. The summed E-state index contributed by atoms with van der Waals surface area (Å²) in [6, 6.07) is 1.62. The molecule has 0 unspecified atom stereocenters. The average Bonchev–Trinajstić information content (AvgIpc) is 2.44. The number of hydrogen-bond acceptors (Lipinski definition) is 3. The number of rotatable bonds is 3. The number of carbonyl (C=O) groups excluding carboxylic acids is 1. The zero-order chi connectivity index (χ0) is 15.6. The lowest BCUT2D eigenvalue weighted by Gasteiger charge is -2.34. The highest BCUT2D eigenvalue weighted by Gasteiger charge is 2.32. The minimum atomic E-state index is -0.975. The molecule has 1 aromatic rings. The molecular formula is C15H20F2N2O2. The molecule has 0 radical (unpaired) electrons. The van der Waals surface area contributed by atoms with Crippen molar-refractivity contribution in [3.8, 4) is 0 Å². The number of amides is 1. The zero-order valence-electron chi connectivity index (χ0n) is 12.0. The third-order valence-electron chi connectivity index (χ3n) is 4.09. The first-order valence-electron chi connectivity index (χ1n) is 7.06. The molecule has 0 aliphatic heterocycles. The Morgan fingerprint density at radius 1 is 1.43 bits per heavy atom. The summed E-state index contributed by atoms with van der Waals surface area (Å²) in [5, 5.41) is 12.8. The first-order chi connectivity index (χ1) is 9.81. The number of aliphatic hydroxyl groups is 1. The quantitative estimate of drug-likeness (QED) is 0.749. The van der Waals surface area contributed by atoms with Gasteiger partial charge in [-0.15, -0.1) is 0 Å². The summed E-state index contributed by atoms with van der Waals surface area (Å²) in [4.78, 5) is 11.9. The van der Waals surface area contributed by atoms with Gasteiger partial charge in [0.05, 0.1) is 16.9 Å². The Kier molecular flexibility index (Phi) is 4.46. The fourth-order valence-electron chi connectivity index (χ4n) is 2.59. The summed E-state index contributed by atoms with van der Waals surface area (Å²) in [6.45, 7) is 2.14. The highest BCUT2D eigenvalue weighted by molar-refractivity contribution is 5.95. The van der Waals surface area contributed by atoms with E-state index in [0.717, 1.165) is 25.0 Å². The van der Waals surface area contributed by atoms with Crippen molar-refractivity contribution in [2.45, 2.75) is 38.2 Å². The molecule has 1 saturated carbocycles. The van der Waals surface area contributed by atoms with Gasteiger partial charge in [0, 0.05) is 6.54 Å². The average molecular weight is 298 g/mol. The van der Waals surface area contributed by atoms with Gasteiger partial charge < -0.3 is 16.2 Å². The van der Waals surface area contributed by atoms with Crippen molar-refractivity contribution in [2.75, 3.05) is 12.3 Å². The van der Waals surface area contributed by atoms with Crippen molar-refractivity contribution in [2.24, 2.45) is 5.92 Å². The van der Waals surface area contributed by atoms with Crippen LogP contribution in [0.5, 0.6) is 0 Å². The zero-order valence-corrected chi connectivity index (χ0v) is 12.0. The fraction of sp³-hybridized carbons (Fsp3) is 0.533. The number of nitrogens with two attached hydrogens (primary N) is 1. The molecule has 0 spiro atoms. The number of anilines is 1. The van der Waals surface area contributed by atoms with Gasteiger partial charge in [0.25, 0.3) is 5.91 Å². The molecule has 0 bridgehead atoms. The number of halogens is 2. The van der Waals surface area contributed by atoms with Crippen LogP contribution in [0.3, 0.4) is 0 Å². The van der Waals surface area contributed by atoms with Crippen LogP contribution in [0.1, 0.15) is 43.0 Å². The van der Waals surface area contributed by atoms with E-state index in [2.05, 4.69) is 12.2 Å². The molecule has 1 aliphatic carbocycles. The molecule has 1 amide bonds. The predicted molar refractivity (Wildman–Crippen MR) is 75.7 cm³/mol. The molecule has 0 heterocycles. The standard InChI is InChI=1S/C15H20F2N2O2/c1-9-2-4-15(21,5-3-9)8-19-14(20)11-6-10(16)7-12(18)13(11)17/h6-7,9,21H,2-5,8,18H2,1H3,(H,19,20). The molecule has 4 nitrogen and oxygen atoms in total. The second-order valence-electron chi connectivity index (χ2n) is 5.95. The van der Waals surface area contributed by atoms with Gasteiger partial charge in [-0.1, -0.05) is 6.92 Å². The Balaban J connectivity index is 2.02. The summed E-state index contributed by atoms with van der Waals surface area (Å²) >= 11 is 0. The van der Waals surface area contributed by atoms with Crippen LogP contribution in [-0.2, 0) is 0 Å². The van der Waals surface area contributed by atoms with Crippen molar-refractivity contribution in [1.82, 2.24) is 5.32 Å². The SMILES string of the molecule is CC1CCC(O)(CNC(=O)c2cc(F)cc(N)c2F)CC1. The van der Waals surface area contributed by atoms with E-state index >= 15 is 0 Å². The molecule has 0 aromatic heterocycles. The van der Waals surface area contributed by atoms with E-state index in [1.165, 1.54) is 0 Å². The topological polar surface area (TPSA) is 75.3 Å². The summed E-state index contributed by atoms with van der Waals surface area (Å²) in [5.74, 6) is -1.94. The molecule has 21 heavy (non-hydrogen) atoms. The second kappa shape index (κ2) is 5.97. The van der Waals surface area contributed by atoms with Crippen molar-refractivity contribution in [3.05, 3.63) is 29.3 Å². The largest absolute Gasteiger partial charge is 0.396 e. The molecule has 116 valence electrons. The molecule has 6 heteroatoms. The Morgan fingerprint density at radius 2 is 2.05 bits per heavy atom. The molecule has 4 N–H and O–H groups in total. The van der Waals surface area contributed by atoms with Crippen LogP contribution in [0, 0.1) is 17.6 Å². The lowest BCUT2D eigenvalue weighted by molar-refractivity contribution is -0.00543. The molecular weight excluding hydrogens is 278 g/mol. The third-order valence-corrected chi connectivity index (χ3v) is 4.09. The highest BCUT2D eigenvalue weighted by Crippen LogP contribution is 2.31. The van der Waals surface area contributed by atoms with Crippen molar-refractivity contribution in [3.63, 3.8) is 0 Å². The van der Waals surface area contributed by atoms with Crippen LogP contribution in [0.15, 0.2) is 12.1 Å². The van der Waals surface area contributed by atoms with Gasteiger partial charge in [0.2, 0.25) is 0 Å². The minimum absolute atomic E-state index is 0.0222. The fourth-order valence-corrected chi connectivity index (χ4v) is 2.59. The number of nitrogen functional groups attached to an aromatic ring is 1. The monoisotopic (exact) mass is 298 g/mol. The van der Waals surface area contributed by atoms with E-state index in [1.54, 1.807) is 0 Å². The minimum Gasteiger partial charge on any atom is -0.396 e. The Labute approximate surface area is 122 Å². The van der Waals surface area contributed by atoms with Gasteiger partial charge in [-0.3, -0.25) is 4.79 Å². The maximum atomic E-state index is 13.7. The summed E-state index contributed by atoms with van der Waals surface area (Å²) in [6.07, 6.45) is 2.94. The normalized spacial score (nSPS) is 25.6.